The fraction of sp³-hybridized carbons (Fsp3) is 0.136. The fourth-order valence-electron chi connectivity index (χ4n) is 3.31. The van der Waals surface area contributed by atoms with Crippen LogP contribution in [-0.2, 0) is 11.3 Å². The summed E-state index contributed by atoms with van der Waals surface area (Å²) in [4.78, 5) is 41.2. The van der Waals surface area contributed by atoms with Gasteiger partial charge in [0.25, 0.3) is 11.2 Å². The lowest BCUT2D eigenvalue weighted by Crippen LogP contribution is -2.30. The third-order valence-electron chi connectivity index (χ3n) is 4.95. The van der Waals surface area contributed by atoms with Gasteiger partial charge in [0.15, 0.2) is 0 Å². The summed E-state index contributed by atoms with van der Waals surface area (Å²) in [6, 6.07) is 12.8. The summed E-state index contributed by atoms with van der Waals surface area (Å²) in [5.41, 5.74) is 1.61. The second-order valence-electron chi connectivity index (χ2n) is 6.96. The molecular weight excluding hydrogens is 432 g/mol. The highest BCUT2D eigenvalue weighted by atomic mass is 32.1. The van der Waals surface area contributed by atoms with Crippen molar-refractivity contribution in [2.75, 3.05) is 12.4 Å². The van der Waals surface area contributed by atoms with Crippen LogP contribution in [0.25, 0.3) is 21.3 Å². The number of ether oxygens (including phenoxy) is 1. The van der Waals surface area contributed by atoms with Gasteiger partial charge in [0.1, 0.15) is 22.9 Å². The molecule has 0 fully saturated rings. The van der Waals surface area contributed by atoms with Crippen LogP contribution in [0.4, 0.5) is 11.4 Å². The highest BCUT2D eigenvalue weighted by Crippen LogP contribution is 2.32. The normalized spacial score (nSPS) is 10.8. The van der Waals surface area contributed by atoms with Crippen molar-refractivity contribution in [2.45, 2.75) is 13.5 Å². The van der Waals surface area contributed by atoms with E-state index in [0.717, 1.165) is 11.1 Å². The number of aromatic nitrogens is 2. The first-order valence-corrected chi connectivity index (χ1v) is 10.4. The topological polar surface area (TPSA) is 116 Å². The quantitative estimate of drug-likeness (QED) is 0.351. The van der Waals surface area contributed by atoms with Gasteiger partial charge in [-0.25, -0.2) is 4.98 Å². The average Bonchev–Trinajstić information content (AvgIpc) is 3.21. The number of nitrogens with one attached hydrogen (secondary N) is 1. The van der Waals surface area contributed by atoms with Gasteiger partial charge in [-0.15, -0.1) is 11.3 Å². The molecule has 0 aliphatic rings. The van der Waals surface area contributed by atoms with Gasteiger partial charge < -0.3 is 10.1 Å². The Morgan fingerprint density at radius 3 is 2.50 bits per heavy atom. The Morgan fingerprint density at radius 1 is 1.19 bits per heavy atom. The highest BCUT2D eigenvalue weighted by Gasteiger charge is 2.17. The molecule has 0 aliphatic carbocycles. The second kappa shape index (κ2) is 8.60. The number of benzene rings is 2. The molecule has 1 amide bonds. The van der Waals surface area contributed by atoms with E-state index in [4.69, 9.17) is 4.74 Å². The summed E-state index contributed by atoms with van der Waals surface area (Å²) in [6.07, 6.45) is 0. The minimum atomic E-state index is -0.517. The molecule has 0 atom stereocenters. The summed E-state index contributed by atoms with van der Waals surface area (Å²) in [5, 5.41) is 15.7. The van der Waals surface area contributed by atoms with Crippen molar-refractivity contribution in [3.05, 3.63) is 80.2 Å². The monoisotopic (exact) mass is 450 g/mol. The molecule has 0 saturated carbocycles. The number of rotatable bonds is 6. The number of anilines is 1. The number of methoxy groups -OCH3 is 1. The van der Waals surface area contributed by atoms with Crippen molar-refractivity contribution in [3.63, 3.8) is 0 Å². The smallest absolute Gasteiger partial charge is 0.269 e. The Hall–Kier alpha value is -4.05. The van der Waals surface area contributed by atoms with Crippen molar-refractivity contribution in [2.24, 2.45) is 0 Å². The van der Waals surface area contributed by atoms with E-state index in [1.165, 1.54) is 40.2 Å². The first kappa shape index (κ1) is 21.2. The Balaban J connectivity index is 1.64. The predicted molar refractivity (Wildman–Crippen MR) is 122 cm³/mol. The van der Waals surface area contributed by atoms with E-state index < -0.39 is 10.8 Å². The maximum Gasteiger partial charge on any atom is 0.269 e. The van der Waals surface area contributed by atoms with E-state index in [1.54, 1.807) is 14.0 Å². The second-order valence-corrected chi connectivity index (χ2v) is 7.82. The number of amides is 1. The molecule has 2 aromatic heterocycles. The van der Waals surface area contributed by atoms with Crippen molar-refractivity contribution in [1.82, 2.24) is 9.55 Å². The Kier molecular flexibility index (Phi) is 5.69. The number of carbonyl (C=O) groups excluding carboxylic acids is 1. The molecule has 0 spiro atoms. The largest absolute Gasteiger partial charge is 0.497 e. The minimum absolute atomic E-state index is 0.0757. The third kappa shape index (κ3) is 4.08. The van der Waals surface area contributed by atoms with Gasteiger partial charge in [-0.1, -0.05) is 12.1 Å². The zero-order chi connectivity index (χ0) is 22.8. The fourth-order valence-corrected chi connectivity index (χ4v) is 4.29. The van der Waals surface area contributed by atoms with E-state index in [9.17, 15) is 19.7 Å². The molecule has 162 valence electrons. The number of aryl methyl sites for hydroxylation is 1. The molecule has 9 nitrogen and oxygen atoms in total. The first-order chi connectivity index (χ1) is 15.4. The molecule has 0 bridgehead atoms. The number of nitrogens with zero attached hydrogens (tertiary/aromatic N) is 3. The van der Waals surface area contributed by atoms with Crippen LogP contribution < -0.4 is 15.6 Å². The predicted octanol–water partition coefficient (Wildman–Crippen LogP) is 3.99. The van der Waals surface area contributed by atoms with E-state index >= 15 is 0 Å². The van der Waals surface area contributed by atoms with Crippen LogP contribution in [0.1, 0.15) is 5.82 Å². The number of hydrogen-bond donors (Lipinski definition) is 1. The summed E-state index contributed by atoms with van der Waals surface area (Å²) >= 11 is 1.37. The van der Waals surface area contributed by atoms with Gasteiger partial charge >= 0.3 is 0 Å². The molecule has 1 N–H and O–H groups in total. The SMILES string of the molecule is COc1ccc(-c2csc3nc(C)n(CC(=O)Nc4ccc([N+](=O)[O-])cc4)c(=O)c23)cc1. The molecule has 0 unspecified atom stereocenters. The highest BCUT2D eigenvalue weighted by molar-refractivity contribution is 7.17. The van der Waals surface area contributed by atoms with Crippen LogP contribution in [-0.4, -0.2) is 27.5 Å². The minimum Gasteiger partial charge on any atom is -0.497 e. The zero-order valence-electron chi connectivity index (χ0n) is 17.2. The Morgan fingerprint density at radius 2 is 1.88 bits per heavy atom. The van der Waals surface area contributed by atoms with Crippen LogP contribution in [0.15, 0.2) is 58.7 Å². The van der Waals surface area contributed by atoms with Gasteiger partial charge in [-0.3, -0.25) is 24.3 Å². The number of nitro groups is 1. The van der Waals surface area contributed by atoms with E-state index in [2.05, 4.69) is 10.3 Å². The molecule has 0 aliphatic heterocycles. The molecule has 0 saturated heterocycles. The lowest BCUT2D eigenvalue weighted by Gasteiger charge is -2.11. The standard InChI is InChI=1S/C22H18N4O5S/c1-13-23-21-20(18(12-32-21)14-3-9-17(31-2)10-4-14)22(28)25(13)11-19(27)24-15-5-7-16(8-6-15)26(29)30/h3-10,12H,11H2,1-2H3,(H,24,27). The Bertz CT molecular complexity index is 1370. The summed E-state index contributed by atoms with van der Waals surface area (Å²) in [7, 11) is 1.59. The molecule has 4 aromatic rings. The molecule has 0 radical (unpaired) electrons. The molecule has 10 heteroatoms. The van der Waals surface area contributed by atoms with E-state index in [1.807, 2.05) is 29.6 Å². The number of non-ortho nitro benzene ring substituents is 1. The van der Waals surface area contributed by atoms with Crippen LogP contribution in [0, 0.1) is 17.0 Å². The molecule has 2 aromatic carbocycles. The van der Waals surface area contributed by atoms with Crippen molar-refractivity contribution in [1.29, 1.82) is 0 Å². The maximum absolute atomic E-state index is 13.3. The van der Waals surface area contributed by atoms with Gasteiger partial charge in [0.2, 0.25) is 5.91 Å². The Labute approximate surface area is 186 Å². The van der Waals surface area contributed by atoms with Crippen molar-refractivity contribution < 1.29 is 14.5 Å². The molecule has 32 heavy (non-hydrogen) atoms. The first-order valence-electron chi connectivity index (χ1n) is 9.54. The summed E-state index contributed by atoms with van der Waals surface area (Å²) in [6.45, 7) is 1.44. The van der Waals surface area contributed by atoms with Crippen LogP contribution in [0.3, 0.4) is 0 Å². The summed E-state index contributed by atoms with van der Waals surface area (Å²) in [5.74, 6) is 0.693. The lowest BCUT2D eigenvalue weighted by molar-refractivity contribution is -0.384. The zero-order valence-corrected chi connectivity index (χ0v) is 18.0. The number of carbonyl (C=O) groups is 1. The van der Waals surface area contributed by atoms with Crippen molar-refractivity contribution in [3.8, 4) is 16.9 Å². The summed E-state index contributed by atoms with van der Waals surface area (Å²) < 4.78 is 6.51. The van der Waals surface area contributed by atoms with Gasteiger partial charge in [0, 0.05) is 28.8 Å². The molecular formula is C22H18N4O5S. The van der Waals surface area contributed by atoms with Crippen molar-refractivity contribution >= 4 is 38.8 Å². The third-order valence-corrected chi connectivity index (χ3v) is 5.82. The number of thiophene rings is 1. The van der Waals surface area contributed by atoms with Crippen LogP contribution in [0.5, 0.6) is 5.75 Å². The van der Waals surface area contributed by atoms with E-state index in [0.29, 0.717) is 27.5 Å². The number of hydrogen-bond acceptors (Lipinski definition) is 7. The van der Waals surface area contributed by atoms with Gasteiger partial charge in [-0.05, 0) is 36.8 Å². The number of fused-ring (bicyclic) bond motifs is 1. The maximum atomic E-state index is 13.3. The molecule has 2 heterocycles. The average molecular weight is 450 g/mol. The molecule has 4 rings (SSSR count). The van der Waals surface area contributed by atoms with E-state index in [-0.39, 0.29) is 17.8 Å². The lowest BCUT2D eigenvalue weighted by atomic mass is 10.1. The van der Waals surface area contributed by atoms with Gasteiger partial charge in [0.05, 0.1) is 17.4 Å². The van der Waals surface area contributed by atoms with Crippen LogP contribution >= 0.6 is 11.3 Å². The van der Waals surface area contributed by atoms with Crippen LogP contribution in [0.2, 0.25) is 0 Å². The van der Waals surface area contributed by atoms with Gasteiger partial charge in [-0.2, -0.15) is 0 Å². The number of nitro benzene ring substituents is 1.